The van der Waals surface area contributed by atoms with Gasteiger partial charge < -0.3 is 10.1 Å². The van der Waals surface area contributed by atoms with Crippen molar-refractivity contribution in [3.63, 3.8) is 0 Å². The van der Waals surface area contributed by atoms with Crippen LogP contribution in [0.1, 0.15) is 11.1 Å². The molecule has 4 heteroatoms. The Kier molecular flexibility index (Phi) is 5.03. The first-order valence-corrected chi connectivity index (χ1v) is 7.07. The highest BCUT2D eigenvalue weighted by Crippen LogP contribution is 2.21. The molecule has 2 aromatic rings. The highest BCUT2D eigenvalue weighted by molar-refractivity contribution is 9.10. The smallest absolute Gasteiger partial charge is 0.174 e. The Morgan fingerprint density at radius 2 is 2.10 bits per heavy atom. The van der Waals surface area contributed by atoms with Gasteiger partial charge in [-0.05, 0) is 48.4 Å². The molecule has 0 saturated heterocycles. The third-order valence-corrected chi connectivity index (χ3v) is 3.75. The predicted octanol–water partition coefficient (Wildman–Crippen LogP) is 4.27. The summed E-state index contributed by atoms with van der Waals surface area (Å²) in [6.45, 7) is 2.85. The number of hydrogen-bond acceptors (Lipinski definition) is 3. The van der Waals surface area contributed by atoms with E-state index in [1.54, 1.807) is 0 Å². The first-order valence-electron chi connectivity index (χ1n) is 6.28. The van der Waals surface area contributed by atoms with Crippen LogP contribution in [0.3, 0.4) is 0 Å². The number of nitrogens with one attached hydrogen (secondary N) is 1. The van der Waals surface area contributed by atoms with Gasteiger partial charge in [0.25, 0.3) is 0 Å². The molecule has 0 radical (unpaired) electrons. The quantitative estimate of drug-likeness (QED) is 0.890. The van der Waals surface area contributed by atoms with Crippen LogP contribution in [0.25, 0.3) is 0 Å². The average molecular weight is 331 g/mol. The molecule has 1 N–H and O–H groups in total. The van der Waals surface area contributed by atoms with Gasteiger partial charge in [0.1, 0.15) is 11.8 Å². The van der Waals surface area contributed by atoms with Gasteiger partial charge in [0, 0.05) is 16.7 Å². The van der Waals surface area contributed by atoms with Gasteiger partial charge in [-0.3, -0.25) is 0 Å². The minimum absolute atomic E-state index is 0.0722. The van der Waals surface area contributed by atoms with Crippen molar-refractivity contribution >= 4 is 21.6 Å². The van der Waals surface area contributed by atoms with Crippen molar-refractivity contribution < 1.29 is 4.74 Å². The SMILES string of the molecule is Cc1cc(NCc2cccc(OCC#N)c2)ccc1Br. The van der Waals surface area contributed by atoms with Crippen LogP contribution in [0, 0.1) is 18.3 Å². The van der Waals surface area contributed by atoms with E-state index in [-0.39, 0.29) is 6.61 Å². The largest absolute Gasteiger partial charge is 0.479 e. The number of anilines is 1. The van der Waals surface area contributed by atoms with Crippen molar-refractivity contribution in [1.29, 1.82) is 5.26 Å². The zero-order valence-corrected chi connectivity index (χ0v) is 12.8. The third kappa shape index (κ3) is 4.01. The number of ether oxygens (including phenoxy) is 1. The van der Waals surface area contributed by atoms with Gasteiger partial charge in [-0.25, -0.2) is 0 Å². The molecule has 3 nitrogen and oxygen atoms in total. The van der Waals surface area contributed by atoms with Crippen molar-refractivity contribution in [2.75, 3.05) is 11.9 Å². The summed E-state index contributed by atoms with van der Waals surface area (Å²) in [6.07, 6.45) is 0. The van der Waals surface area contributed by atoms with Gasteiger partial charge in [-0.2, -0.15) is 5.26 Å². The molecule has 0 heterocycles. The maximum absolute atomic E-state index is 8.51. The second kappa shape index (κ2) is 6.97. The summed E-state index contributed by atoms with van der Waals surface area (Å²) in [6, 6.07) is 15.9. The molecule has 102 valence electrons. The molecular weight excluding hydrogens is 316 g/mol. The fraction of sp³-hybridized carbons (Fsp3) is 0.188. The summed E-state index contributed by atoms with van der Waals surface area (Å²) in [7, 11) is 0. The maximum Gasteiger partial charge on any atom is 0.174 e. The number of aryl methyl sites for hydroxylation is 1. The Morgan fingerprint density at radius 1 is 1.25 bits per heavy atom. The average Bonchev–Trinajstić information content (AvgIpc) is 2.47. The number of benzene rings is 2. The predicted molar refractivity (Wildman–Crippen MR) is 83.8 cm³/mol. The Bertz CT molecular complexity index is 635. The van der Waals surface area contributed by atoms with E-state index in [0.717, 1.165) is 21.5 Å². The zero-order chi connectivity index (χ0) is 14.4. The zero-order valence-electron chi connectivity index (χ0n) is 11.2. The van der Waals surface area contributed by atoms with E-state index in [1.165, 1.54) is 5.56 Å². The Balaban J connectivity index is 1.99. The molecule has 0 unspecified atom stereocenters. The fourth-order valence-corrected chi connectivity index (χ4v) is 2.07. The summed E-state index contributed by atoms with van der Waals surface area (Å²) in [4.78, 5) is 0. The van der Waals surface area contributed by atoms with Crippen LogP contribution in [0.2, 0.25) is 0 Å². The molecule has 0 aromatic heterocycles. The number of hydrogen-bond donors (Lipinski definition) is 1. The van der Waals surface area contributed by atoms with E-state index < -0.39 is 0 Å². The topological polar surface area (TPSA) is 45.0 Å². The summed E-state index contributed by atoms with van der Waals surface area (Å²) in [5.41, 5.74) is 3.39. The summed E-state index contributed by atoms with van der Waals surface area (Å²) in [5, 5.41) is 11.9. The lowest BCUT2D eigenvalue weighted by Gasteiger charge is -2.09. The van der Waals surface area contributed by atoms with E-state index in [4.69, 9.17) is 10.00 Å². The third-order valence-electron chi connectivity index (χ3n) is 2.86. The van der Waals surface area contributed by atoms with E-state index in [2.05, 4.69) is 34.2 Å². The van der Waals surface area contributed by atoms with Crippen molar-refractivity contribution in [3.05, 3.63) is 58.1 Å². The molecule has 0 aliphatic carbocycles. The summed E-state index contributed by atoms with van der Waals surface area (Å²) in [5.74, 6) is 0.720. The van der Waals surface area contributed by atoms with Crippen LogP contribution in [-0.4, -0.2) is 6.61 Å². The minimum Gasteiger partial charge on any atom is -0.479 e. The molecule has 2 rings (SSSR count). The van der Waals surface area contributed by atoms with Gasteiger partial charge in [-0.1, -0.05) is 28.1 Å². The van der Waals surface area contributed by atoms with E-state index >= 15 is 0 Å². The van der Waals surface area contributed by atoms with Crippen LogP contribution < -0.4 is 10.1 Å². The summed E-state index contributed by atoms with van der Waals surface area (Å²) < 4.78 is 6.39. The monoisotopic (exact) mass is 330 g/mol. The standard InChI is InChI=1S/C16H15BrN2O/c1-12-9-14(5-6-16(12)17)19-11-13-3-2-4-15(10-13)20-8-7-18/h2-6,9-10,19H,8,11H2,1H3. The van der Waals surface area contributed by atoms with Crippen molar-refractivity contribution in [1.82, 2.24) is 0 Å². The molecule has 0 aliphatic rings. The van der Waals surface area contributed by atoms with E-state index in [1.807, 2.05) is 42.5 Å². The lowest BCUT2D eigenvalue weighted by atomic mass is 10.2. The molecule has 0 amide bonds. The number of rotatable bonds is 5. The highest BCUT2D eigenvalue weighted by Gasteiger charge is 1.99. The molecule has 0 aliphatic heterocycles. The Morgan fingerprint density at radius 3 is 2.85 bits per heavy atom. The number of halogens is 1. The molecule has 2 aromatic carbocycles. The van der Waals surface area contributed by atoms with Crippen molar-refractivity contribution in [2.24, 2.45) is 0 Å². The number of nitriles is 1. The van der Waals surface area contributed by atoms with Gasteiger partial charge in [0.05, 0.1) is 0 Å². The number of nitrogens with zero attached hydrogens (tertiary/aromatic N) is 1. The maximum atomic E-state index is 8.51. The Labute approximate surface area is 127 Å². The van der Waals surface area contributed by atoms with Crippen LogP contribution in [0.4, 0.5) is 5.69 Å². The first-order chi connectivity index (χ1) is 9.69. The highest BCUT2D eigenvalue weighted by atomic mass is 79.9. The van der Waals surface area contributed by atoms with E-state index in [9.17, 15) is 0 Å². The fourth-order valence-electron chi connectivity index (χ4n) is 1.82. The van der Waals surface area contributed by atoms with Crippen molar-refractivity contribution in [3.8, 4) is 11.8 Å². The normalized spacial score (nSPS) is 9.85. The van der Waals surface area contributed by atoms with Gasteiger partial charge >= 0.3 is 0 Å². The minimum atomic E-state index is 0.0722. The van der Waals surface area contributed by atoms with Gasteiger partial charge in [-0.15, -0.1) is 0 Å². The molecule has 20 heavy (non-hydrogen) atoms. The molecule has 0 fully saturated rings. The van der Waals surface area contributed by atoms with Crippen LogP contribution in [0.15, 0.2) is 46.9 Å². The van der Waals surface area contributed by atoms with Crippen LogP contribution in [0.5, 0.6) is 5.75 Å². The van der Waals surface area contributed by atoms with Gasteiger partial charge in [0.15, 0.2) is 6.61 Å². The Hall–Kier alpha value is -1.99. The van der Waals surface area contributed by atoms with Crippen molar-refractivity contribution in [2.45, 2.75) is 13.5 Å². The van der Waals surface area contributed by atoms with Crippen LogP contribution >= 0.6 is 15.9 Å². The summed E-state index contributed by atoms with van der Waals surface area (Å²) >= 11 is 3.49. The van der Waals surface area contributed by atoms with E-state index in [0.29, 0.717) is 6.54 Å². The molecular formula is C16H15BrN2O. The second-order valence-corrected chi connectivity index (χ2v) is 5.27. The molecule has 0 bridgehead atoms. The van der Waals surface area contributed by atoms with Gasteiger partial charge in [0.2, 0.25) is 0 Å². The molecule has 0 saturated carbocycles. The first kappa shape index (κ1) is 14.4. The van der Waals surface area contributed by atoms with Crippen LogP contribution in [-0.2, 0) is 6.54 Å². The lowest BCUT2D eigenvalue weighted by Crippen LogP contribution is -2.00. The molecule has 0 spiro atoms. The second-order valence-electron chi connectivity index (χ2n) is 4.41. The molecule has 0 atom stereocenters. The lowest BCUT2D eigenvalue weighted by molar-refractivity contribution is 0.368.